The lowest BCUT2D eigenvalue weighted by atomic mass is 9.98. The van der Waals surface area contributed by atoms with E-state index in [2.05, 4.69) is 5.10 Å². The van der Waals surface area contributed by atoms with Crippen LogP contribution in [0.5, 0.6) is 0 Å². The summed E-state index contributed by atoms with van der Waals surface area (Å²) in [7, 11) is 0. The van der Waals surface area contributed by atoms with Gasteiger partial charge in [-0.15, -0.1) is 12.4 Å². The number of amides is 1. The van der Waals surface area contributed by atoms with Crippen molar-refractivity contribution in [3.05, 3.63) is 60.5 Å². The van der Waals surface area contributed by atoms with E-state index in [0.717, 1.165) is 31.6 Å². The van der Waals surface area contributed by atoms with Gasteiger partial charge < -0.3 is 15.1 Å². The number of carbonyl (C=O) groups excluding carboxylic acids is 1. The third kappa shape index (κ3) is 3.12. The molecule has 7 heteroatoms. The van der Waals surface area contributed by atoms with Crippen molar-refractivity contribution in [2.75, 3.05) is 13.1 Å². The highest BCUT2D eigenvalue weighted by Crippen LogP contribution is 2.38. The molecule has 6 nitrogen and oxygen atoms in total. The van der Waals surface area contributed by atoms with Crippen molar-refractivity contribution in [3.8, 4) is 17.1 Å². The first kappa shape index (κ1) is 18.8. The fourth-order valence-electron chi connectivity index (χ4n) is 4.48. The van der Waals surface area contributed by atoms with Gasteiger partial charge in [-0.25, -0.2) is 4.68 Å². The van der Waals surface area contributed by atoms with E-state index in [9.17, 15) is 4.79 Å². The molecule has 2 aromatic heterocycles. The normalized spacial score (nSPS) is 23.5. The number of halogens is 1. The molecule has 2 aliphatic rings. The van der Waals surface area contributed by atoms with Gasteiger partial charge in [-0.2, -0.15) is 5.10 Å². The van der Waals surface area contributed by atoms with Gasteiger partial charge in [0.2, 0.25) is 0 Å². The molecular formula is C21H23ClN4O2. The number of likely N-dealkylation sites (tertiary alicyclic amines) is 1. The van der Waals surface area contributed by atoms with E-state index in [-0.39, 0.29) is 24.4 Å². The molecule has 5 rings (SSSR count). The topological polar surface area (TPSA) is 77.3 Å². The van der Waals surface area contributed by atoms with Gasteiger partial charge in [0, 0.05) is 25.2 Å². The number of para-hydroxylation sites is 1. The standard InChI is InChI=1S/C21H22N4O2.ClH/c22-17-9-8-14-12-24(13-16(14)17)21(26)19-11-18(20-7-4-10-27-20)23-25(19)15-5-2-1-3-6-15;/h1-7,10-11,14,16-17H,8-9,12-13,22H2;1H. The molecule has 1 amide bonds. The molecule has 3 aromatic rings. The molecule has 1 aliphatic heterocycles. The minimum Gasteiger partial charge on any atom is -0.463 e. The van der Waals surface area contributed by atoms with Gasteiger partial charge >= 0.3 is 0 Å². The Bertz CT molecular complexity index is 954. The van der Waals surface area contributed by atoms with Crippen LogP contribution in [0.4, 0.5) is 0 Å². The van der Waals surface area contributed by atoms with Crippen molar-refractivity contribution in [2.45, 2.75) is 18.9 Å². The summed E-state index contributed by atoms with van der Waals surface area (Å²) < 4.78 is 7.20. The second-order valence-corrected chi connectivity index (χ2v) is 7.51. The van der Waals surface area contributed by atoms with Gasteiger partial charge in [0.25, 0.3) is 5.91 Å². The lowest BCUT2D eigenvalue weighted by molar-refractivity contribution is 0.0770. The summed E-state index contributed by atoms with van der Waals surface area (Å²) in [6.07, 6.45) is 3.80. The number of carbonyl (C=O) groups is 1. The number of nitrogens with two attached hydrogens (primary N) is 1. The summed E-state index contributed by atoms with van der Waals surface area (Å²) in [4.78, 5) is 15.3. The van der Waals surface area contributed by atoms with Gasteiger partial charge in [0.15, 0.2) is 5.76 Å². The highest BCUT2D eigenvalue weighted by atomic mass is 35.5. The van der Waals surface area contributed by atoms with Crippen LogP contribution in [0.15, 0.2) is 59.2 Å². The average Bonchev–Trinajstić information content (AvgIpc) is 3.47. The molecule has 3 unspecified atom stereocenters. The number of benzene rings is 1. The molecular weight excluding hydrogens is 376 g/mol. The summed E-state index contributed by atoms with van der Waals surface area (Å²) in [5, 5.41) is 4.65. The predicted octanol–water partition coefficient (Wildman–Crippen LogP) is 3.36. The van der Waals surface area contributed by atoms with Crippen molar-refractivity contribution < 1.29 is 9.21 Å². The molecule has 2 fully saturated rings. The SMILES string of the molecule is Cl.NC1CCC2CN(C(=O)c3cc(-c4ccco4)nn3-c3ccccc3)CC12. The summed E-state index contributed by atoms with van der Waals surface area (Å²) in [5.41, 5.74) is 8.31. The zero-order valence-corrected chi connectivity index (χ0v) is 16.2. The van der Waals surface area contributed by atoms with Crippen LogP contribution in [-0.4, -0.2) is 39.7 Å². The first-order valence-electron chi connectivity index (χ1n) is 9.45. The van der Waals surface area contributed by atoms with Crippen LogP contribution in [0.1, 0.15) is 23.3 Å². The van der Waals surface area contributed by atoms with Crippen molar-refractivity contribution in [3.63, 3.8) is 0 Å². The first-order valence-corrected chi connectivity index (χ1v) is 9.45. The van der Waals surface area contributed by atoms with E-state index in [1.165, 1.54) is 0 Å². The maximum Gasteiger partial charge on any atom is 0.272 e. The zero-order valence-electron chi connectivity index (χ0n) is 15.4. The van der Waals surface area contributed by atoms with Crippen LogP contribution in [0.3, 0.4) is 0 Å². The fraction of sp³-hybridized carbons (Fsp3) is 0.333. The number of aromatic nitrogens is 2. The second kappa shape index (κ2) is 7.45. The summed E-state index contributed by atoms with van der Waals surface area (Å²) in [6.45, 7) is 1.52. The molecule has 3 heterocycles. The number of hydrogen-bond donors (Lipinski definition) is 1. The van der Waals surface area contributed by atoms with E-state index < -0.39 is 0 Å². The van der Waals surface area contributed by atoms with E-state index in [1.807, 2.05) is 53.4 Å². The van der Waals surface area contributed by atoms with Gasteiger partial charge in [-0.1, -0.05) is 18.2 Å². The molecule has 1 aliphatic carbocycles. The highest BCUT2D eigenvalue weighted by molar-refractivity contribution is 5.94. The average molecular weight is 399 g/mol. The van der Waals surface area contributed by atoms with E-state index in [1.54, 1.807) is 10.9 Å². The Hall–Kier alpha value is -2.57. The molecule has 1 saturated carbocycles. The quantitative estimate of drug-likeness (QED) is 0.733. The smallest absolute Gasteiger partial charge is 0.272 e. The fourth-order valence-corrected chi connectivity index (χ4v) is 4.48. The van der Waals surface area contributed by atoms with Gasteiger partial charge in [-0.05, 0) is 48.9 Å². The largest absolute Gasteiger partial charge is 0.463 e. The number of nitrogens with zero attached hydrogens (tertiary/aromatic N) is 3. The van der Waals surface area contributed by atoms with Crippen molar-refractivity contribution in [1.29, 1.82) is 0 Å². The molecule has 28 heavy (non-hydrogen) atoms. The third-order valence-electron chi connectivity index (χ3n) is 5.90. The molecule has 2 N–H and O–H groups in total. The van der Waals surface area contributed by atoms with E-state index >= 15 is 0 Å². The van der Waals surface area contributed by atoms with Crippen LogP contribution in [0, 0.1) is 11.8 Å². The number of fused-ring (bicyclic) bond motifs is 1. The summed E-state index contributed by atoms with van der Waals surface area (Å²) in [6, 6.07) is 15.4. The Morgan fingerprint density at radius 2 is 1.93 bits per heavy atom. The minimum absolute atomic E-state index is 0. The van der Waals surface area contributed by atoms with E-state index in [0.29, 0.717) is 29.0 Å². The third-order valence-corrected chi connectivity index (χ3v) is 5.90. The number of rotatable bonds is 3. The Labute approximate surface area is 169 Å². The lowest BCUT2D eigenvalue weighted by Gasteiger charge is -2.19. The summed E-state index contributed by atoms with van der Waals surface area (Å²) in [5.74, 6) is 1.61. The van der Waals surface area contributed by atoms with Crippen LogP contribution in [0.25, 0.3) is 17.1 Å². The Kier molecular flexibility index (Phi) is 5.00. The van der Waals surface area contributed by atoms with Crippen molar-refractivity contribution >= 4 is 18.3 Å². The maximum atomic E-state index is 13.4. The monoisotopic (exact) mass is 398 g/mol. The van der Waals surface area contributed by atoms with Crippen molar-refractivity contribution in [1.82, 2.24) is 14.7 Å². The molecule has 1 saturated heterocycles. The Balaban J connectivity index is 0.00000192. The van der Waals surface area contributed by atoms with Crippen LogP contribution in [0.2, 0.25) is 0 Å². The highest BCUT2D eigenvalue weighted by Gasteiger charge is 2.43. The number of furan rings is 1. The molecule has 0 radical (unpaired) electrons. The van der Waals surface area contributed by atoms with E-state index in [4.69, 9.17) is 10.2 Å². The van der Waals surface area contributed by atoms with Crippen LogP contribution in [-0.2, 0) is 0 Å². The Morgan fingerprint density at radius 1 is 1.11 bits per heavy atom. The van der Waals surface area contributed by atoms with Gasteiger partial charge in [0.05, 0.1) is 12.0 Å². The van der Waals surface area contributed by atoms with Crippen LogP contribution < -0.4 is 5.73 Å². The van der Waals surface area contributed by atoms with Gasteiger partial charge in [0.1, 0.15) is 11.4 Å². The molecule has 146 valence electrons. The molecule has 3 atom stereocenters. The van der Waals surface area contributed by atoms with Gasteiger partial charge in [-0.3, -0.25) is 4.79 Å². The number of hydrogen-bond acceptors (Lipinski definition) is 4. The van der Waals surface area contributed by atoms with Crippen LogP contribution >= 0.6 is 12.4 Å². The maximum absolute atomic E-state index is 13.4. The molecule has 0 spiro atoms. The lowest BCUT2D eigenvalue weighted by Crippen LogP contribution is -2.34. The van der Waals surface area contributed by atoms with Crippen molar-refractivity contribution in [2.24, 2.45) is 17.6 Å². The first-order chi connectivity index (χ1) is 13.2. The predicted molar refractivity (Wildman–Crippen MR) is 109 cm³/mol. The summed E-state index contributed by atoms with van der Waals surface area (Å²) >= 11 is 0. The minimum atomic E-state index is 0. The molecule has 0 bridgehead atoms. The molecule has 1 aromatic carbocycles. The second-order valence-electron chi connectivity index (χ2n) is 7.51. The Morgan fingerprint density at radius 3 is 2.64 bits per heavy atom. The zero-order chi connectivity index (χ0) is 18.4.